The van der Waals surface area contributed by atoms with Crippen LogP contribution < -0.4 is 10.6 Å². The van der Waals surface area contributed by atoms with E-state index in [1.54, 1.807) is 0 Å². The van der Waals surface area contributed by atoms with Crippen molar-refractivity contribution in [1.82, 2.24) is 10.6 Å². The zero-order valence-corrected chi connectivity index (χ0v) is 9.70. The Labute approximate surface area is 99.8 Å². The molecule has 1 aliphatic carbocycles. The Bertz CT molecular complexity index is 300. The quantitative estimate of drug-likeness (QED) is 0.577. The molecule has 17 heavy (non-hydrogen) atoms. The van der Waals surface area contributed by atoms with Crippen LogP contribution in [0.25, 0.3) is 0 Å². The predicted molar refractivity (Wildman–Crippen MR) is 60.4 cm³/mol. The summed E-state index contributed by atoms with van der Waals surface area (Å²) in [5.74, 6) is -0.650. The minimum atomic E-state index is -0.868. The number of urea groups is 1. The van der Waals surface area contributed by atoms with E-state index in [9.17, 15) is 14.4 Å². The Balaban J connectivity index is 1.98. The second-order valence-corrected chi connectivity index (χ2v) is 4.30. The van der Waals surface area contributed by atoms with Crippen LogP contribution in [0, 0.1) is 5.92 Å². The van der Waals surface area contributed by atoms with Crippen molar-refractivity contribution in [1.29, 1.82) is 0 Å². The molecule has 0 heterocycles. The van der Waals surface area contributed by atoms with Gasteiger partial charge in [-0.1, -0.05) is 0 Å². The second kappa shape index (κ2) is 6.88. The van der Waals surface area contributed by atoms with E-state index >= 15 is 0 Å². The van der Waals surface area contributed by atoms with Crippen molar-refractivity contribution < 1.29 is 19.5 Å². The Morgan fingerprint density at radius 1 is 1.12 bits per heavy atom. The number of hydrogen-bond acceptors (Lipinski definition) is 3. The summed E-state index contributed by atoms with van der Waals surface area (Å²) in [5.41, 5.74) is 0. The fourth-order valence-corrected chi connectivity index (χ4v) is 1.35. The van der Waals surface area contributed by atoms with Crippen molar-refractivity contribution in [2.24, 2.45) is 5.92 Å². The highest BCUT2D eigenvalue weighted by atomic mass is 16.4. The molecule has 0 atom stereocenters. The molecule has 0 spiro atoms. The summed E-state index contributed by atoms with van der Waals surface area (Å²) in [6.45, 7) is 0.623. The number of unbranched alkanes of at least 4 members (excludes halogenated alkanes) is 1. The van der Waals surface area contributed by atoms with Crippen LogP contribution in [0.3, 0.4) is 0 Å². The van der Waals surface area contributed by atoms with E-state index in [1.807, 2.05) is 0 Å². The SMILES string of the molecule is O=C(O)CCCCC(=O)NC(=O)NCC1CC1. The Kier molecular flexibility index (Phi) is 5.45. The van der Waals surface area contributed by atoms with Gasteiger partial charge in [0.15, 0.2) is 0 Å². The fourth-order valence-electron chi connectivity index (χ4n) is 1.35. The zero-order valence-electron chi connectivity index (χ0n) is 9.70. The monoisotopic (exact) mass is 242 g/mol. The van der Waals surface area contributed by atoms with Crippen molar-refractivity contribution >= 4 is 17.9 Å². The number of rotatable bonds is 7. The van der Waals surface area contributed by atoms with Crippen molar-refractivity contribution in [3.05, 3.63) is 0 Å². The molecule has 3 N–H and O–H groups in total. The van der Waals surface area contributed by atoms with Crippen LogP contribution in [-0.2, 0) is 9.59 Å². The molecule has 1 fully saturated rings. The standard InChI is InChI=1S/C11H18N2O4/c14-9(3-1-2-4-10(15)16)13-11(17)12-7-8-5-6-8/h8H,1-7H2,(H,15,16)(H2,12,13,14,17). The number of carboxylic acids is 1. The van der Waals surface area contributed by atoms with Gasteiger partial charge in [-0.05, 0) is 31.6 Å². The Morgan fingerprint density at radius 3 is 2.35 bits per heavy atom. The summed E-state index contributed by atoms with van der Waals surface area (Å²) in [6, 6.07) is -0.458. The number of nitrogens with one attached hydrogen (secondary N) is 2. The maximum absolute atomic E-state index is 11.2. The molecule has 6 heteroatoms. The molecule has 0 aromatic carbocycles. The normalized spacial score (nSPS) is 14.1. The topological polar surface area (TPSA) is 95.5 Å². The van der Waals surface area contributed by atoms with Crippen molar-refractivity contribution in [3.63, 3.8) is 0 Å². The van der Waals surface area contributed by atoms with E-state index in [0.717, 1.165) is 12.8 Å². The lowest BCUT2D eigenvalue weighted by atomic mass is 10.2. The van der Waals surface area contributed by atoms with Crippen molar-refractivity contribution in [2.75, 3.05) is 6.54 Å². The molecule has 96 valence electrons. The van der Waals surface area contributed by atoms with Gasteiger partial charge in [-0.15, -0.1) is 0 Å². The average molecular weight is 242 g/mol. The molecule has 6 nitrogen and oxygen atoms in total. The molecule has 1 aliphatic rings. The van der Waals surface area contributed by atoms with Gasteiger partial charge >= 0.3 is 12.0 Å². The van der Waals surface area contributed by atoms with Crippen LogP contribution in [0.1, 0.15) is 38.5 Å². The van der Waals surface area contributed by atoms with E-state index in [2.05, 4.69) is 10.6 Å². The number of aliphatic carboxylic acids is 1. The average Bonchev–Trinajstić information content (AvgIpc) is 3.05. The van der Waals surface area contributed by atoms with Crippen LogP contribution in [0.4, 0.5) is 4.79 Å². The molecule has 0 aliphatic heterocycles. The minimum absolute atomic E-state index is 0.0567. The lowest BCUT2D eigenvalue weighted by Gasteiger charge is -2.05. The van der Waals surface area contributed by atoms with Gasteiger partial charge in [-0.2, -0.15) is 0 Å². The summed E-state index contributed by atoms with van der Waals surface area (Å²) in [6.07, 6.45) is 3.46. The number of carboxylic acid groups (broad SMARTS) is 1. The first-order valence-corrected chi connectivity index (χ1v) is 5.87. The maximum Gasteiger partial charge on any atom is 0.321 e. The third kappa shape index (κ3) is 7.32. The van der Waals surface area contributed by atoms with Gasteiger partial charge in [0, 0.05) is 19.4 Å². The highest BCUT2D eigenvalue weighted by Gasteiger charge is 2.21. The number of hydrogen-bond donors (Lipinski definition) is 3. The van der Waals surface area contributed by atoms with Crippen LogP contribution in [-0.4, -0.2) is 29.6 Å². The maximum atomic E-state index is 11.2. The van der Waals surface area contributed by atoms with Gasteiger partial charge in [0.2, 0.25) is 5.91 Å². The first-order chi connectivity index (χ1) is 8.08. The lowest BCUT2D eigenvalue weighted by Crippen LogP contribution is -2.40. The molecule has 1 saturated carbocycles. The fraction of sp³-hybridized carbons (Fsp3) is 0.727. The van der Waals surface area contributed by atoms with Gasteiger partial charge in [0.1, 0.15) is 0 Å². The van der Waals surface area contributed by atoms with Gasteiger partial charge in [0.05, 0.1) is 0 Å². The van der Waals surface area contributed by atoms with Gasteiger partial charge < -0.3 is 10.4 Å². The summed E-state index contributed by atoms with van der Waals surface area (Å²) in [4.78, 5) is 32.6. The van der Waals surface area contributed by atoms with Crippen molar-refractivity contribution in [2.45, 2.75) is 38.5 Å². The van der Waals surface area contributed by atoms with E-state index in [-0.39, 0.29) is 18.7 Å². The minimum Gasteiger partial charge on any atom is -0.481 e. The van der Waals surface area contributed by atoms with Gasteiger partial charge in [-0.3, -0.25) is 14.9 Å². The summed E-state index contributed by atoms with van der Waals surface area (Å²) in [5, 5.41) is 13.2. The van der Waals surface area contributed by atoms with Gasteiger partial charge in [-0.25, -0.2) is 4.79 Å². The number of carbonyl (C=O) groups is 3. The molecule has 0 unspecified atom stereocenters. The number of carbonyl (C=O) groups excluding carboxylic acids is 2. The third-order valence-corrected chi connectivity index (χ3v) is 2.55. The van der Waals surface area contributed by atoms with Crippen LogP contribution in [0.2, 0.25) is 0 Å². The van der Waals surface area contributed by atoms with E-state index in [0.29, 0.717) is 25.3 Å². The molecule has 0 radical (unpaired) electrons. The van der Waals surface area contributed by atoms with E-state index in [4.69, 9.17) is 5.11 Å². The molecule has 0 aromatic heterocycles. The van der Waals surface area contributed by atoms with Gasteiger partial charge in [0.25, 0.3) is 0 Å². The Morgan fingerprint density at radius 2 is 1.76 bits per heavy atom. The molecule has 0 bridgehead atoms. The largest absolute Gasteiger partial charge is 0.481 e. The first-order valence-electron chi connectivity index (χ1n) is 5.87. The second-order valence-electron chi connectivity index (χ2n) is 4.30. The number of imide groups is 1. The zero-order chi connectivity index (χ0) is 12.7. The van der Waals surface area contributed by atoms with E-state index in [1.165, 1.54) is 0 Å². The lowest BCUT2D eigenvalue weighted by molar-refractivity contribution is -0.137. The third-order valence-electron chi connectivity index (χ3n) is 2.55. The summed E-state index contributed by atoms with van der Waals surface area (Å²) in [7, 11) is 0. The highest BCUT2D eigenvalue weighted by molar-refractivity contribution is 5.94. The van der Waals surface area contributed by atoms with Crippen LogP contribution in [0.5, 0.6) is 0 Å². The molecular formula is C11H18N2O4. The predicted octanol–water partition coefficient (Wildman–Crippen LogP) is 0.867. The molecular weight excluding hydrogens is 224 g/mol. The molecule has 0 aromatic rings. The number of amides is 3. The molecule has 0 saturated heterocycles. The van der Waals surface area contributed by atoms with Crippen LogP contribution >= 0.6 is 0 Å². The van der Waals surface area contributed by atoms with Crippen LogP contribution in [0.15, 0.2) is 0 Å². The molecule has 1 rings (SSSR count). The molecule has 3 amide bonds. The smallest absolute Gasteiger partial charge is 0.321 e. The summed E-state index contributed by atoms with van der Waals surface area (Å²) < 4.78 is 0. The van der Waals surface area contributed by atoms with Crippen molar-refractivity contribution in [3.8, 4) is 0 Å². The Hall–Kier alpha value is -1.59. The summed E-state index contributed by atoms with van der Waals surface area (Å²) >= 11 is 0. The van der Waals surface area contributed by atoms with E-state index < -0.39 is 12.0 Å². The first kappa shape index (κ1) is 13.5. The highest BCUT2D eigenvalue weighted by Crippen LogP contribution is 2.27.